The van der Waals surface area contributed by atoms with Crippen LogP contribution in [0.2, 0.25) is 0 Å². The van der Waals surface area contributed by atoms with E-state index < -0.39 is 5.92 Å². The summed E-state index contributed by atoms with van der Waals surface area (Å²) in [7, 11) is 0. The van der Waals surface area contributed by atoms with Gasteiger partial charge in [-0.3, -0.25) is 4.40 Å². The molecule has 8 nitrogen and oxygen atoms in total. The SMILES string of the molecule is Cc1nc(N[C@H](C)c2cccc3c2CCC3(F)F)c2cc(N3CCOCC3)c3nncn3c2n1. The first-order chi connectivity index (χ1) is 16.4. The molecule has 1 fully saturated rings. The van der Waals surface area contributed by atoms with Crippen LogP contribution in [0.25, 0.3) is 16.7 Å². The van der Waals surface area contributed by atoms with Crippen LogP contribution in [0.1, 0.15) is 41.9 Å². The number of alkyl halides is 2. The number of fused-ring (bicyclic) bond motifs is 4. The van der Waals surface area contributed by atoms with Gasteiger partial charge in [0.1, 0.15) is 18.0 Å². The van der Waals surface area contributed by atoms with Crippen LogP contribution < -0.4 is 10.2 Å². The molecule has 0 saturated carbocycles. The number of nitrogens with one attached hydrogen (secondary N) is 1. The third kappa shape index (κ3) is 3.35. The lowest BCUT2D eigenvalue weighted by Gasteiger charge is -2.29. The maximum atomic E-state index is 14.3. The Labute approximate surface area is 195 Å². The van der Waals surface area contributed by atoms with Crippen molar-refractivity contribution in [1.82, 2.24) is 24.6 Å². The molecule has 1 atom stereocenters. The number of ether oxygens (including phenoxy) is 1. The normalized spacial score (nSPS) is 18.4. The van der Waals surface area contributed by atoms with Gasteiger partial charge in [0.15, 0.2) is 11.3 Å². The zero-order chi connectivity index (χ0) is 23.4. The topological polar surface area (TPSA) is 80.5 Å². The largest absolute Gasteiger partial charge is 0.378 e. The number of hydrogen-bond acceptors (Lipinski definition) is 7. The monoisotopic (exact) mass is 465 g/mol. The van der Waals surface area contributed by atoms with Gasteiger partial charge in [0.2, 0.25) is 0 Å². The van der Waals surface area contributed by atoms with Gasteiger partial charge in [-0.05, 0) is 37.5 Å². The van der Waals surface area contributed by atoms with E-state index >= 15 is 0 Å². The molecule has 0 spiro atoms. The van der Waals surface area contributed by atoms with E-state index in [1.807, 2.05) is 30.4 Å². The summed E-state index contributed by atoms with van der Waals surface area (Å²) in [5.74, 6) is -1.51. The minimum Gasteiger partial charge on any atom is -0.378 e. The summed E-state index contributed by atoms with van der Waals surface area (Å²) in [6.45, 7) is 6.62. The lowest BCUT2D eigenvalue weighted by molar-refractivity contribution is -0.00184. The van der Waals surface area contributed by atoms with E-state index in [9.17, 15) is 8.78 Å². The summed E-state index contributed by atoms with van der Waals surface area (Å²) in [6.07, 6.45) is 1.89. The van der Waals surface area contributed by atoms with Crippen molar-refractivity contribution in [3.8, 4) is 0 Å². The standard InChI is InChI=1S/C24H25F2N7O/c1-14(16-4-3-5-19-17(16)6-7-24(19,25)26)28-21-18-12-20(32-8-10-34-11-9-32)23-31-27-13-33(23)22(18)30-15(2)29-21/h3-5,12-14H,6-11H2,1-2H3,(H,28,29,30)/t14-/m1/s1. The van der Waals surface area contributed by atoms with Gasteiger partial charge in [-0.15, -0.1) is 10.2 Å². The smallest absolute Gasteiger partial charge is 0.273 e. The van der Waals surface area contributed by atoms with Gasteiger partial charge < -0.3 is 15.0 Å². The van der Waals surface area contributed by atoms with E-state index in [4.69, 9.17) is 9.72 Å². The Bertz CT molecular complexity index is 1400. The van der Waals surface area contributed by atoms with Crippen molar-refractivity contribution in [2.24, 2.45) is 0 Å². The summed E-state index contributed by atoms with van der Waals surface area (Å²) in [5, 5.41) is 12.8. The molecule has 34 heavy (non-hydrogen) atoms. The second-order valence-electron chi connectivity index (χ2n) is 8.95. The van der Waals surface area contributed by atoms with Crippen LogP contribution in [-0.2, 0) is 17.1 Å². The predicted octanol–water partition coefficient (Wildman–Crippen LogP) is 4.03. The van der Waals surface area contributed by atoms with E-state index in [1.165, 1.54) is 0 Å². The van der Waals surface area contributed by atoms with Crippen molar-refractivity contribution in [1.29, 1.82) is 0 Å². The van der Waals surface area contributed by atoms with Gasteiger partial charge in [-0.25, -0.2) is 18.7 Å². The number of rotatable bonds is 4. The number of aromatic nitrogens is 5. The molecule has 6 rings (SSSR count). The second-order valence-corrected chi connectivity index (χ2v) is 8.95. The predicted molar refractivity (Wildman–Crippen MR) is 125 cm³/mol. The Hall–Kier alpha value is -3.40. The molecule has 2 aliphatic rings. The van der Waals surface area contributed by atoms with Gasteiger partial charge in [0.25, 0.3) is 5.92 Å². The second kappa shape index (κ2) is 7.83. The zero-order valence-corrected chi connectivity index (χ0v) is 19.1. The molecule has 1 aliphatic heterocycles. The summed E-state index contributed by atoms with van der Waals surface area (Å²) in [4.78, 5) is 11.6. The molecule has 1 aliphatic carbocycles. The first kappa shape index (κ1) is 21.2. The molecular formula is C24H25F2N7O. The van der Waals surface area contributed by atoms with Crippen LogP contribution in [0.3, 0.4) is 0 Å². The zero-order valence-electron chi connectivity index (χ0n) is 19.1. The average Bonchev–Trinajstić information content (AvgIpc) is 3.44. The molecule has 10 heteroatoms. The molecule has 1 saturated heterocycles. The molecule has 176 valence electrons. The van der Waals surface area contributed by atoms with E-state index in [-0.39, 0.29) is 18.0 Å². The molecule has 3 aromatic heterocycles. The third-order valence-corrected chi connectivity index (χ3v) is 6.79. The Morgan fingerprint density at radius 1 is 1.15 bits per heavy atom. The first-order valence-corrected chi connectivity index (χ1v) is 11.5. The van der Waals surface area contributed by atoms with Crippen molar-refractivity contribution < 1.29 is 13.5 Å². The van der Waals surface area contributed by atoms with Crippen molar-refractivity contribution in [2.45, 2.75) is 38.7 Å². The lowest BCUT2D eigenvalue weighted by Crippen LogP contribution is -2.36. The molecule has 1 N–H and O–H groups in total. The van der Waals surface area contributed by atoms with E-state index in [0.29, 0.717) is 36.9 Å². The summed E-state index contributed by atoms with van der Waals surface area (Å²) in [6, 6.07) is 7.00. The molecule has 4 heterocycles. The third-order valence-electron chi connectivity index (χ3n) is 6.79. The van der Waals surface area contributed by atoms with Crippen LogP contribution in [0.4, 0.5) is 20.3 Å². The van der Waals surface area contributed by atoms with Gasteiger partial charge in [0.05, 0.1) is 30.3 Å². The van der Waals surface area contributed by atoms with E-state index in [0.717, 1.165) is 40.9 Å². The number of aryl methyl sites for hydroxylation is 1. The van der Waals surface area contributed by atoms with Crippen LogP contribution in [-0.4, -0.2) is 50.9 Å². The molecule has 0 bridgehead atoms. The van der Waals surface area contributed by atoms with Crippen molar-refractivity contribution in [3.05, 3.63) is 53.1 Å². The number of morpholine rings is 1. The highest BCUT2D eigenvalue weighted by Crippen LogP contribution is 2.44. The number of nitrogens with zero attached hydrogens (tertiary/aromatic N) is 6. The maximum Gasteiger partial charge on any atom is 0.273 e. The number of anilines is 2. The van der Waals surface area contributed by atoms with Crippen molar-refractivity contribution in [2.75, 3.05) is 36.5 Å². The van der Waals surface area contributed by atoms with Gasteiger partial charge >= 0.3 is 0 Å². The molecule has 0 amide bonds. The maximum absolute atomic E-state index is 14.3. The lowest BCUT2D eigenvalue weighted by atomic mass is 9.97. The number of benzene rings is 1. The van der Waals surface area contributed by atoms with Gasteiger partial charge in [-0.1, -0.05) is 18.2 Å². The molecular weight excluding hydrogens is 440 g/mol. The Morgan fingerprint density at radius 3 is 2.79 bits per heavy atom. The van der Waals surface area contributed by atoms with E-state index in [2.05, 4.69) is 25.4 Å². The fourth-order valence-corrected chi connectivity index (χ4v) is 5.13. The highest BCUT2D eigenvalue weighted by atomic mass is 19.3. The number of hydrogen-bond donors (Lipinski definition) is 1. The summed E-state index contributed by atoms with van der Waals surface area (Å²) in [5.41, 5.74) is 4.12. The van der Waals surface area contributed by atoms with Crippen LogP contribution in [0.5, 0.6) is 0 Å². The minimum absolute atomic E-state index is 0.142. The number of pyridine rings is 1. The first-order valence-electron chi connectivity index (χ1n) is 11.5. The Kier molecular flexibility index (Phi) is 4.87. The Balaban J connectivity index is 1.46. The summed E-state index contributed by atoms with van der Waals surface area (Å²) >= 11 is 0. The Morgan fingerprint density at radius 2 is 1.97 bits per heavy atom. The highest BCUT2D eigenvalue weighted by Gasteiger charge is 2.40. The quantitative estimate of drug-likeness (QED) is 0.487. The summed E-state index contributed by atoms with van der Waals surface area (Å²) < 4.78 is 36.1. The molecule has 0 unspecified atom stereocenters. The van der Waals surface area contributed by atoms with Crippen LogP contribution >= 0.6 is 0 Å². The fraction of sp³-hybridized carbons (Fsp3) is 0.417. The van der Waals surface area contributed by atoms with Crippen molar-refractivity contribution >= 4 is 28.2 Å². The average molecular weight is 466 g/mol. The molecule has 0 radical (unpaired) electrons. The number of halogens is 2. The van der Waals surface area contributed by atoms with E-state index in [1.54, 1.807) is 18.5 Å². The highest BCUT2D eigenvalue weighted by molar-refractivity contribution is 5.94. The van der Waals surface area contributed by atoms with Crippen LogP contribution in [0, 0.1) is 6.92 Å². The van der Waals surface area contributed by atoms with Gasteiger partial charge in [-0.2, -0.15) is 0 Å². The fourth-order valence-electron chi connectivity index (χ4n) is 5.13. The minimum atomic E-state index is -2.77. The van der Waals surface area contributed by atoms with Crippen LogP contribution in [0.15, 0.2) is 30.6 Å². The molecule has 1 aromatic carbocycles. The molecule has 4 aromatic rings. The van der Waals surface area contributed by atoms with Gasteiger partial charge in [0, 0.05) is 25.1 Å². The van der Waals surface area contributed by atoms with Crippen molar-refractivity contribution in [3.63, 3.8) is 0 Å².